The van der Waals surface area contributed by atoms with Crippen LogP contribution in [0.5, 0.6) is 0 Å². The van der Waals surface area contributed by atoms with Crippen molar-refractivity contribution in [2.24, 2.45) is 0 Å². The zero-order valence-electron chi connectivity index (χ0n) is 19.4. The van der Waals surface area contributed by atoms with Gasteiger partial charge in [0, 0.05) is 12.8 Å². The van der Waals surface area contributed by atoms with E-state index in [1.165, 1.54) is 82.0 Å². The summed E-state index contributed by atoms with van der Waals surface area (Å²) in [5, 5.41) is 16.3. The Balaban J connectivity index is -0.000000489. The third kappa shape index (κ3) is 21.7. The molecule has 28 heavy (non-hydrogen) atoms. The molecule has 0 atom stereocenters. The van der Waals surface area contributed by atoms with Gasteiger partial charge in [0.25, 0.3) is 0 Å². The molecule has 166 valence electrons. The lowest BCUT2D eigenvalue weighted by Gasteiger charge is -2.39. The van der Waals surface area contributed by atoms with Gasteiger partial charge in [-0.05, 0) is 38.5 Å². The van der Waals surface area contributed by atoms with E-state index in [2.05, 4.69) is 39.8 Å². The second-order valence-corrected chi connectivity index (χ2v) is 7.88. The summed E-state index contributed by atoms with van der Waals surface area (Å²) in [6.45, 7) is 15.0. The highest BCUT2D eigenvalue weighted by molar-refractivity contribution is 4.70. The topological polar surface area (TPSA) is 47.6 Å². The van der Waals surface area contributed by atoms with Crippen LogP contribution >= 0.6 is 0 Å². The molecule has 0 aliphatic rings. The van der Waals surface area contributed by atoms with E-state index in [1.54, 1.807) is 0 Å². The van der Waals surface area contributed by atoms with Gasteiger partial charge >= 0.3 is 0 Å². The van der Waals surface area contributed by atoms with Gasteiger partial charge in [0.15, 0.2) is 0 Å². The van der Waals surface area contributed by atoms with Crippen LogP contribution < -0.4 is 17.0 Å². The molecular weight excluding hydrogens is 410 g/mol. The summed E-state index contributed by atoms with van der Waals surface area (Å²) in [5.74, 6) is 0. The Morgan fingerprint density at radius 2 is 0.786 bits per heavy atom. The first-order valence-electron chi connectivity index (χ1n) is 11.7. The van der Waals surface area contributed by atoms with Crippen molar-refractivity contribution >= 4 is 0 Å². The Bertz CT molecular complexity index is 316. The fourth-order valence-corrected chi connectivity index (χ4v) is 3.41. The average Bonchev–Trinajstić information content (AvgIpc) is 2.70. The highest BCUT2D eigenvalue weighted by Crippen LogP contribution is 2.16. The smallest absolute Gasteiger partial charge is 0.0786 e. The van der Waals surface area contributed by atoms with E-state index in [1.807, 2.05) is 0 Å². The minimum absolute atomic E-state index is 0. The molecule has 0 rings (SSSR count). The first-order chi connectivity index (χ1) is 13.2. The van der Waals surface area contributed by atoms with Gasteiger partial charge in [-0.3, -0.25) is 0 Å². The number of nitrogens with zero attached hydrogens (tertiary/aromatic N) is 3. The summed E-state index contributed by atoms with van der Waals surface area (Å²) in [4.78, 5) is 0. The molecule has 0 spiro atoms. The Morgan fingerprint density at radius 1 is 0.500 bits per heavy atom. The van der Waals surface area contributed by atoms with E-state index >= 15 is 0 Å². The van der Waals surface area contributed by atoms with E-state index in [0.717, 1.165) is 25.7 Å². The normalized spacial score (nSPS) is 10.2. The van der Waals surface area contributed by atoms with Gasteiger partial charge in [-0.2, -0.15) is 10.5 Å². The number of nitriles is 2. The first-order valence-corrected chi connectivity index (χ1v) is 11.7. The summed E-state index contributed by atoms with van der Waals surface area (Å²) >= 11 is 0. The van der Waals surface area contributed by atoms with Gasteiger partial charge < -0.3 is 21.5 Å². The molecule has 4 heteroatoms. The van der Waals surface area contributed by atoms with Gasteiger partial charge in [0.05, 0.1) is 38.3 Å². The highest BCUT2D eigenvalue weighted by atomic mass is 79.9. The molecule has 0 N–H and O–H groups in total. The van der Waals surface area contributed by atoms with Gasteiger partial charge in [0.1, 0.15) is 0 Å². The van der Waals surface area contributed by atoms with Crippen LogP contribution in [0.15, 0.2) is 0 Å². The largest absolute Gasteiger partial charge is 1.00 e. The van der Waals surface area contributed by atoms with Crippen molar-refractivity contribution in [1.29, 1.82) is 10.5 Å². The van der Waals surface area contributed by atoms with Crippen molar-refractivity contribution in [3.63, 3.8) is 0 Å². The lowest BCUT2D eigenvalue weighted by Crippen LogP contribution is -3.00. The van der Waals surface area contributed by atoms with Crippen molar-refractivity contribution in [2.45, 2.75) is 118 Å². The van der Waals surface area contributed by atoms with Gasteiger partial charge in [-0.1, -0.05) is 66.2 Å². The van der Waals surface area contributed by atoms with E-state index in [4.69, 9.17) is 10.5 Å². The summed E-state index contributed by atoms with van der Waals surface area (Å²) < 4.78 is 1.42. The number of hydrogen-bond acceptors (Lipinski definition) is 2. The van der Waals surface area contributed by atoms with E-state index in [9.17, 15) is 0 Å². The monoisotopic (exact) mass is 457 g/mol. The SMILES string of the molecule is CCCC[N+](CCCC)(CCCC)CCCC.N#CCCCCCCC#N.[Br-]. The van der Waals surface area contributed by atoms with Crippen LogP contribution in [0.2, 0.25) is 0 Å². The number of unbranched alkanes of at least 4 members (excludes halogenated alkanes) is 9. The van der Waals surface area contributed by atoms with Crippen molar-refractivity contribution in [2.75, 3.05) is 26.2 Å². The molecule has 0 heterocycles. The molecule has 0 radical (unpaired) electrons. The van der Waals surface area contributed by atoms with Gasteiger partial charge in [0.2, 0.25) is 0 Å². The predicted molar refractivity (Wildman–Crippen MR) is 118 cm³/mol. The zero-order chi connectivity index (χ0) is 20.6. The Kier molecular flexibility index (Phi) is 30.3. The van der Waals surface area contributed by atoms with E-state index < -0.39 is 0 Å². The van der Waals surface area contributed by atoms with Crippen molar-refractivity contribution in [1.82, 2.24) is 0 Å². The molecule has 0 saturated carbocycles. The second-order valence-electron chi connectivity index (χ2n) is 7.88. The van der Waals surface area contributed by atoms with Gasteiger partial charge in [-0.15, -0.1) is 0 Å². The molecule has 0 aromatic rings. The number of hydrogen-bond donors (Lipinski definition) is 0. The molecule has 0 unspecified atom stereocenters. The standard InChI is InChI=1S/C16H36N.C8H12N2.BrH/c1-5-9-13-17(14-10-6-2,15-11-7-3)16-12-8-4;9-7-5-3-1-2-4-6-8-10;/h5-16H2,1-4H3;1-6H2;1H/q+1;;/p-1. The second kappa shape index (κ2) is 26.4. The van der Waals surface area contributed by atoms with Gasteiger partial charge in [-0.25, -0.2) is 0 Å². The summed E-state index contributed by atoms with van der Waals surface area (Å²) in [6.07, 6.45) is 16.5. The van der Waals surface area contributed by atoms with Crippen LogP contribution in [-0.2, 0) is 0 Å². The maximum atomic E-state index is 8.17. The number of rotatable bonds is 17. The Hall–Kier alpha value is -0.580. The maximum absolute atomic E-state index is 8.17. The van der Waals surface area contributed by atoms with Crippen molar-refractivity contribution < 1.29 is 21.5 Å². The van der Waals surface area contributed by atoms with E-state index in [0.29, 0.717) is 12.8 Å². The maximum Gasteiger partial charge on any atom is 0.0786 e. The molecule has 0 aliphatic carbocycles. The fraction of sp³-hybridized carbons (Fsp3) is 0.917. The predicted octanol–water partition coefficient (Wildman–Crippen LogP) is 4.38. The molecular formula is C24H48BrN3. The minimum atomic E-state index is 0. The van der Waals surface area contributed by atoms with Crippen LogP contribution in [0.3, 0.4) is 0 Å². The number of quaternary nitrogens is 1. The van der Waals surface area contributed by atoms with Crippen molar-refractivity contribution in [3.8, 4) is 12.1 Å². The molecule has 0 saturated heterocycles. The Labute approximate surface area is 187 Å². The molecule has 0 aliphatic heterocycles. The summed E-state index contributed by atoms with van der Waals surface area (Å²) in [7, 11) is 0. The lowest BCUT2D eigenvalue weighted by atomic mass is 10.1. The summed E-state index contributed by atoms with van der Waals surface area (Å²) in [6, 6.07) is 4.19. The summed E-state index contributed by atoms with van der Waals surface area (Å²) in [5.41, 5.74) is 0. The van der Waals surface area contributed by atoms with Crippen molar-refractivity contribution in [3.05, 3.63) is 0 Å². The van der Waals surface area contributed by atoms with E-state index in [-0.39, 0.29) is 17.0 Å². The lowest BCUT2D eigenvalue weighted by molar-refractivity contribution is -0.929. The number of halogens is 1. The first kappa shape index (κ1) is 32.1. The molecule has 0 aromatic carbocycles. The van der Waals surface area contributed by atoms with Crippen LogP contribution in [-0.4, -0.2) is 30.7 Å². The fourth-order valence-electron chi connectivity index (χ4n) is 3.41. The average molecular weight is 459 g/mol. The molecule has 0 amide bonds. The van der Waals surface area contributed by atoms with Crippen LogP contribution in [0.25, 0.3) is 0 Å². The van der Waals surface area contributed by atoms with Crippen LogP contribution in [0.1, 0.15) is 118 Å². The minimum Gasteiger partial charge on any atom is -1.00 e. The highest BCUT2D eigenvalue weighted by Gasteiger charge is 2.24. The third-order valence-corrected chi connectivity index (χ3v) is 5.27. The zero-order valence-corrected chi connectivity index (χ0v) is 21.0. The quantitative estimate of drug-likeness (QED) is 0.240. The van der Waals surface area contributed by atoms with Crippen LogP contribution in [0.4, 0.5) is 0 Å². The molecule has 0 aromatic heterocycles. The van der Waals surface area contributed by atoms with Crippen LogP contribution in [0, 0.1) is 22.7 Å². The Morgan fingerprint density at radius 3 is 1.00 bits per heavy atom. The molecule has 0 fully saturated rings. The molecule has 0 bridgehead atoms. The molecule has 3 nitrogen and oxygen atoms in total. The third-order valence-electron chi connectivity index (χ3n) is 5.27.